The molecule has 0 spiro atoms. The summed E-state index contributed by atoms with van der Waals surface area (Å²) in [5.41, 5.74) is 3.87. The molecule has 3 rings (SSSR count). The van der Waals surface area contributed by atoms with Gasteiger partial charge in [0, 0.05) is 17.1 Å². The van der Waals surface area contributed by atoms with Gasteiger partial charge < -0.3 is 9.72 Å². The number of hydrogen-bond acceptors (Lipinski definition) is 2. The topological polar surface area (TPSA) is 42.1 Å². The summed E-state index contributed by atoms with van der Waals surface area (Å²) in [7, 11) is 0. The molecule has 1 aromatic heterocycles. The Labute approximate surface area is 119 Å². The van der Waals surface area contributed by atoms with E-state index in [4.69, 9.17) is 4.74 Å². The third-order valence-corrected chi connectivity index (χ3v) is 4.09. The molecule has 106 valence electrons. The Bertz CT molecular complexity index is 625. The largest absolute Gasteiger partial charge is 0.466 e. The first-order chi connectivity index (χ1) is 9.70. The number of rotatable bonds is 5. The van der Waals surface area contributed by atoms with Crippen molar-refractivity contribution in [3.63, 3.8) is 0 Å². The van der Waals surface area contributed by atoms with Crippen LogP contribution in [0, 0.1) is 0 Å². The van der Waals surface area contributed by atoms with Crippen LogP contribution in [-0.4, -0.2) is 17.6 Å². The van der Waals surface area contributed by atoms with Crippen LogP contribution >= 0.6 is 0 Å². The summed E-state index contributed by atoms with van der Waals surface area (Å²) in [6.07, 6.45) is 5.08. The van der Waals surface area contributed by atoms with Gasteiger partial charge in [0.2, 0.25) is 0 Å². The van der Waals surface area contributed by atoms with Gasteiger partial charge in [-0.3, -0.25) is 4.79 Å². The van der Waals surface area contributed by atoms with Gasteiger partial charge >= 0.3 is 5.97 Å². The molecule has 0 radical (unpaired) electrons. The van der Waals surface area contributed by atoms with E-state index in [0.29, 0.717) is 18.9 Å². The fourth-order valence-corrected chi connectivity index (χ4v) is 2.94. The maximum atomic E-state index is 11.7. The minimum Gasteiger partial charge on any atom is -0.466 e. The average molecular weight is 271 g/mol. The predicted molar refractivity (Wildman–Crippen MR) is 79.9 cm³/mol. The van der Waals surface area contributed by atoms with E-state index in [9.17, 15) is 4.79 Å². The van der Waals surface area contributed by atoms with Gasteiger partial charge in [-0.1, -0.05) is 19.1 Å². The highest BCUT2D eigenvalue weighted by atomic mass is 16.5. The lowest BCUT2D eigenvalue weighted by atomic mass is 9.93. The van der Waals surface area contributed by atoms with Gasteiger partial charge in [-0.25, -0.2) is 0 Å². The van der Waals surface area contributed by atoms with E-state index in [-0.39, 0.29) is 11.9 Å². The molecule has 0 aliphatic heterocycles. The summed E-state index contributed by atoms with van der Waals surface area (Å²) >= 11 is 0. The van der Waals surface area contributed by atoms with Gasteiger partial charge in [0.1, 0.15) is 0 Å². The first-order valence-corrected chi connectivity index (χ1v) is 7.46. The van der Waals surface area contributed by atoms with Gasteiger partial charge in [0.15, 0.2) is 0 Å². The molecular weight excluding hydrogens is 250 g/mol. The van der Waals surface area contributed by atoms with Crippen LogP contribution in [0.5, 0.6) is 0 Å². The SMILES string of the molecule is CCOC(=O)CC(C)c1c[nH]c2cccc(C3CC3)c12. The maximum Gasteiger partial charge on any atom is 0.306 e. The van der Waals surface area contributed by atoms with Crippen molar-refractivity contribution >= 4 is 16.9 Å². The highest BCUT2D eigenvalue weighted by Gasteiger charge is 2.27. The molecule has 1 heterocycles. The van der Waals surface area contributed by atoms with Crippen molar-refractivity contribution in [2.24, 2.45) is 0 Å². The number of aromatic nitrogens is 1. The van der Waals surface area contributed by atoms with E-state index in [1.54, 1.807) is 0 Å². The lowest BCUT2D eigenvalue weighted by molar-refractivity contribution is -0.143. The minimum atomic E-state index is -0.113. The Balaban J connectivity index is 1.93. The number of hydrogen-bond donors (Lipinski definition) is 1. The molecule has 0 amide bonds. The van der Waals surface area contributed by atoms with E-state index in [1.807, 2.05) is 6.92 Å². The van der Waals surface area contributed by atoms with E-state index in [1.165, 1.54) is 34.9 Å². The third-order valence-electron chi connectivity index (χ3n) is 4.09. The standard InChI is InChI=1S/C17H21NO2/c1-3-20-16(19)9-11(2)14-10-18-15-6-4-5-13(17(14)15)12-7-8-12/h4-6,10-12,18H,3,7-9H2,1-2H3. The zero-order valence-electron chi connectivity index (χ0n) is 12.1. The first-order valence-electron chi connectivity index (χ1n) is 7.46. The Morgan fingerprint density at radius 2 is 2.25 bits per heavy atom. The van der Waals surface area contributed by atoms with Crippen LogP contribution in [0.2, 0.25) is 0 Å². The zero-order valence-corrected chi connectivity index (χ0v) is 12.1. The van der Waals surface area contributed by atoms with Gasteiger partial charge in [-0.05, 0) is 48.8 Å². The average Bonchev–Trinajstić information content (AvgIpc) is 3.17. The Kier molecular flexibility index (Phi) is 3.51. The van der Waals surface area contributed by atoms with E-state index >= 15 is 0 Å². The van der Waals surface area contributed by atoms with Gasteiger partial charge in [-0.15, -0.1) is 0 Å². The van der Waals surface area contributed by atoms with Gasteiger partial charge in [0.25, 0.3) is 0 Å². The molecular formula is C17H21NO2. The Hall–Kier alpha value is -1.77. The zero-order chi connectivity index (χ0) is 14.1. The third kappa shape index (κ3) is 2.45. The van der Waals surface area contributed by atoms with Gasteiger partial charge in [-0.2, -0.15) is 0 Å². The van der Waals surface area contributed by atoms with Crippen LogP contribution < -0.4 is 0 Å². The number of carbonyl (C=O) groups is 1. The summed E-state index contributed by atoms with van der Waals surface area (Å²) in [6, 6.07) is 6.46. The molecule has 1 N–H and O–H groups in total. The van der Waals surface area contributed by atoms with Crippen molar-refractivity contribution in [1.82, 2.24) is 4.98 Å². The van der Waals surface area contributed by atoms with Crippen molar-refractivity contribution in [2.75, 3.05) is 6.61 Å². The predicted octanol–water partition coefficient (Wildman–Crippen LogP) is 4.10. The first kappa shape index (κ1) is 13.2. The molecule has 1 aliphatic rings. The summed E-state index contributed by atoms with van der Waals surface area (Å²) in [4.78, 5) is 15.0. The van der Waals surface area contributed by atoms with Crippen LogP contribution in [0.25, 0.3) is 10.9 Å². The molecule has 0 bridgehead atoms. The maximum absolute atomic E-state index is 11.7. The van der Waals surface area contributed by atoms with E-state index in [2.05, 4.69) is 36.3 Å². The van der Waals surface area contributed by atoms with Crippen LogP contribution in [0.15, 0.2) is 24.4 Å². The summed E-state index contributed by atoms with van der Waals surface area (Å²) < 4.78 is 5.06. The number of nitrogens with one attached hydrogen (secondary N) is 1. The molecule has 1 unspecified atom stereocenters. The number of fused-ring (bicyclic) bond motifs is 1. The summed E-state index contributed by atoms with van der Waals surface area (Å²) in [6.45, 7) is 4.40. The highest BCUT2D eigenvalue weighted by Crippen LogP contribution is 2.45. The second kappa shape index (κ2) is 5.31. The fraction of sp³-hybridized carbons (Fsp3) is 0.471. The van der Waals surface area contributed by atoms with Crippen molar-refractivity contribution in [1.29, 1.82) is 0 Å². The molecule has 3 nitrogen and oxygen atoms in total. The molecule has 1 atom stereocenters. The van der Waals surface area contributed by atoms with Crippen LogP contribution in [-0.2, 0) is 9.53 Å². The lowest BCUT2D eigenvalue weighted by Gasteiger charge is -2.12. The molecule has 1 fully saturated rings. The van der Waals surface area contributed by atoms with Crippen LogP contribution in [0.1, 0.15) is 56.1 Å². The number of carbonyl (C=O) groups excluding carboxylic acids is 1. The Morgan fingerprint density at radius 1 is 1.45 bits per heavy atom. The number of aromatic amines is 1. The molecule has 3 heteroatoms. The Morgan fingerprint density at radius 3 is 2.95 bits per heavy atom. The summed E-state index contributed by atoms with van der Waals surface area (Å²) in [5.74, 6) is 0.781. The van der Waals surface area contributed by atoms with Crippen molar-refractivity contribution in [2.45, 2.75) is 44.9 Å². The van der Waals surface area contributed by atoms with Gasteiger partial charge in [0.05, 0.1) is 13.0 Å². The normalized spacial score (nSPS) is 16.3. The minimum absolute atomic E-state index is 0.113. The van der Waals surface area contributed by atoms with E-state index < -0.39 is 0 Å². The highest BCUT2D eigenvalue weighted by molar-refractivity contribution is 5.88. The number of H-pyrrole nitrogens is 1. The monoisotopic (exact) mass is 271 g/mol. The summed E-state index contributed by atoms with van der Waals surface area (Å²) in [5, 5.41) is 1.33. The van der Waals surface area contributed by atoms with Crippen molar-refractivity contribution in [3.05, 3.63) is 35.5 Å². The fourth-order valence-electron chi connectivity index (χ4n) is 2.94. The lowest BCUT2D eigenvalue weighted by Crippen LogP contribution is -2.08. The van der Waals surface area contributed by atoms with Crippen LogP contribution in [0.4, 0.5) is 0 Å². The second-order valence-corrected chi connectivity index (χ2v) is 5.70. The van der Waals surface area contributed by atoms with Crippen LogP contribution in [0.3, 0.4) is 0 Å². The molecule has 2 aromatic rings. The smallest absolute Gasteiger partial charge is 0.306 e. The molecule has 1 saturated carbocycles. The quantitative estimate of drug-likeness (QED) is 0.832. The second-order valence-electron chi connectivity index (χ2n) is 5.70. The van der Waals surface area contributed by atoms with Crippen molar-refractivity contribution < 1.29 is 9.53 Å². The number of esters is 1. The number of benzene rings is 1. The molecule has 20 heavy (non-hydrogen) atoms. The van der Waals surface area contributed by atoms with Crippen molar-refractivity contribution in [3.8, 4) is 0 Å². The number of ether oxygens (including phenoxy) is 1. The molecule has 1 aromatic carbocycles. The molecule has 1 aliphatic carbocycles. The van der Waals surface area contributed by atoms with E-state index in [0.717, 1.165) is 0 Å². The molecule has 0 saturated heterocycles.